The second kappa shape index (κ2) is 8.05. The minimum Gasteiger partial charge on any atom is -0.494 e. The van der Waals surface area contributed by atoms with E-state index >= 15 is 0 Å². The number of rotatable bonds is 8. The molecule has 0 saturated carbocycles. The zero-order valence-corrected chi connectivity index (χ0v) is 15.7. The van der Waals surface area contributed by atoms with Gasteiger partial charge in [0.15, 0.2) is 0 Å². The van der Waals surface area contributed by atoms with Crippen LogP contribution in [0.3, 0.4) is 0 Å². The SMILES string of the molecule is CCOc1ccc(S(=O)(=O)NCCC(=O)N2CCCC2(C)C(=O)O)cc1. The zero-order chi connectivity index (χ0) is 19.4. The fourth-order valence-corrected chi connectivity index (χ4v) is 4.01. The Morgan fingerprint density at radius 2 is 1.96 bits per heavy atom. The molecule has 0 radical (unpaired) electrons. The highest BCUT2D eigenvalue weighted by Crippen LogP contribution is 2.29. The molecule has 1 aliphatic rings. The Morgan fingerprint density at radius 3 is 2.54 bits per heavy atom. The number of carbonyl (C=O) groups excluding carboxylic acids is 1. The van der Waals surface area contributed by atoms with E-state index < -0.39 is 21.5 Å². The van der Waals surface area contributed by atoms with Crippen LogP contribution >= 0.6 is 0 Å². The van der Waals surface area contributed by atoms with Crippen molar-refractivity contribution in [1.29, 1.82) is 0 Å². The summed E-state index contributed by atoms with van der Waals surface area (Å²) >= 11 is 0. The average molecular weight is 384 g/mol. The number of hydrogen-bond donors (Lipinski definition) is 2. The van der Waals surface area contributed by atoms with Crippen LogP contribution in [-0.2, 0) is 19.6 Å². The minimum atomic E-state index is -3.75. The van der Waals surface area contributed by atoms with Gasteiger partial charge in [0.05, 0.1) is 11.5 Å². The van der Waals surface area contributed by atoms with E-state index in [1.807, 2.05) is 6.92 Å². The minimum absolute atomic E-state index is 0.0740. The van der Waals surface area contributed by atoms with Crippen molar-refractivity contribution in [1.82, 2.24) is 9.62 Å². The molecular formula is C17H24N2O6S. The smallest absolute Gasteiger partial charge is 0.329 e. The van der Waals surface area contributed by atoms with Gasteiger partial charge in [-0.25, -0.2) is 17.9 Å². The third-order valence-electron chi connectivity index (χ3n) is 4.48. The highest BCUT2D eigenvalue weighted by atomic mass is 32.2. The third kappa shape index (κ3) is 4.34. The van der Waals surface area contributed by atoms with Crippen molar-refractivity contribution >= 4 is 21.9 Å². The van der Waals surface area contributed by atoms with Crippen LogP contribution in [-0.4, -0.2) is 55.5 Å². The number of nitrogens with zero attached hydrogens (tertiary/aromatic N) is 1. The predicted octanol–water partition coefficient (Wildman–Crippen LogP) is 1.22. The number of ether oxygens (including phenoxy) is 1. The number of sulfonamides is 1. The molecule has 1 fully saturated rings. The molecule has 1 unspecified atom stereocenters. The van der Waals surface area contributed by atoms with Gasteiger partial charge in [-0.05, 0) is 51.0 Å². The van der Waals surface area contributed by atoms with Crippen molar-refractivity contribution in [2.24, 2.45) is 0 Å². The summed E-state index contributed by atoms with van der Waals surface area (Å²) in [7, 11) is -3.75. The lowest BCUT2D eigenvalue weighted by molar-refractivity contribution is -0.155. The maximum atomic E-state index is 12.3. The molecular weight excluding hydrogens is 360 g/mol. The first-order valence-electron chi connectivity index (χ1n) is 8.47. The van der Waals surface area contributed by atoms with E-state index in [2.05, 4.69) is 4.72 Å². The Hall–Kier alpha value is -2.13. The summed E-state index contributed by atoms with van der Waals surface area (Å²) in [6.07, 6.45) is 0.914. The highest BCUT2D eigenvalue weighted by Gasteiger charge is 2.45. The number of hydrogen-bond acceptors (Lipinski definition) is 5. The molecule has 0 aliphatic carbocycles. The number of likely N-dealkylation sites (tertiary alicyclic amines) is 1. The summed E-state index contributed by atoms with van der Waals surface area (Å²) in [5.74, 6) is -0.844. The van der Waals surface area contributed by atoms with Crippen LogP contribution in [0.1, 0.15) is 33.1 Å². The quantitative estimate of drug-likeness (QED) is 0.697. The topological polar surface area (TPSA) is 113 Å². The second-order valence-electron chi connectivity index (χ2n) is 6.28. The van der Waals surface area contributed by atoms with Gasteiger partial charge in [0.25, 0.3) is 0 Å². The molecule has 9 heteroatoms. The van der Waals surface area contributed by atoms with E-state index in [0.717, 1.165) is 0 Å². The van der Waals surface area contributed by atoms with Crippen LogP contribution in [0.25, 0.3) is 0 Å². The molecule has 1 aliphatic heterocycles. The van der Waals surface area contributed by atoms with Gasteiger partial charge in [0.1, 0.15) is 11.3 Å². The Morgan fingerprint density at radius 1 is 1.31 bits per heavy atom. The normalized spacial score (nSPS) is 20.2. The predicted molar refractivity (Wildman–Crippen MR) is 94.4 cm³/mol. The van der Waals surface area contributed by atoms with Crippen LogP contribution in [0.15, 0.2) is 29.2 Å². The highest BCUT2D eigenvalue weighted by molar-refractivity contribution is 7.89. The standard InChI is InChI=1S/C17H24N2O6S/c1-3-25-13-5-7-14(8-6-13)26(23,24)18-11-9-15(20)19-12-4-10-17(19,2)16(21)22/h5-8,18H,3-4,9-12H2,1-2H3,(H,21,22). The van der Waals surface area contributed by atoms with Crippen molar-refractivity contribution in [3.63, 3.8) is 0 Å². The number of carboxylic acid groups (broad SMARTS) is 1. The van der Waals surface area contributed by atoms with Gasteiger partial charge >= 0.3 is 5.97 Å². The van der Waals surface area contributed by atoms with Gasteiger partial charge in [-0.2, -0.15) is 0 Å². The van der Waals surface area contributed by atoms with E-state index in [-0.39, 0.29) is 23.8 Å². The summed E-state index contributed by atoms with van der Waals surface area (Å²) < 4.78 is 32.2. The van der Waals surface area contributed by atoms with Gasteiger partial charge in [-0.1, -0.05) is 0 Å². The molecule has 144 valence electrons. The van der Waals surface area contributed by atoms with E-state index in [1.165, 1.54) is 24.0 Å². The molecule has 2 rings (SSSR count). The van der Waals surface area contributed by atoms with E-state index in [0.29, 0.717) is 31.7 Å². The van der Waals surface area contributed by atoms with Crippen molar-refractivity contribution < 1.29 is 27.9 Å². The van der Waals surface area contributed by atoms with Gasteiger partial charge in [-0.15, -0.1) is 0 Å². The fraction of sp³-hybridized carbons (Fsp3) is 0.529. The molecule has 1 heterocycles. The maximum absolute atomic E-state index is 12.3. The number of aliphatic carboxylic acids is 1. The summed E-state index contributed by atoms with van der Waals surface area (Å²) in [5, 5.41) is 9.34. The summed E-state index contributed by atoms with van der Waals surface area (Å²) in [6, 6.07) is 5.98. The first-order valence-corrected chi connectivity index (χ1v) is 9.95. The van der Waals surface area contributed by atoms with Crippen molar-refractivity contribution in [3.05, 3.63) is 24.3 Å². The van der Waals surface area contributed by atoms with Gasteiger partial charge in [-0.3, -0.25) is 4.79 Å². The van der Waals surface area contributed by atoms with Gasteiger partial charge < -0.3 is 14.7 Å². The fourth-order valence-electron chi connectivity index (χ4n) is 2.98. The number of carboxylic acids is 1. The molecule has 0 bridgehead atoms. The molecule has 1 saturated heterocycles. The Kier molecular flexibility index (Phi) is 6.25. The second-order valence-corrected chi connectivity index (χ2v) is 8.05. The summed E-state index contributed by atoms with van der Waals surface area (Å²) in [5.41, 5.74) is -1.22. The molecule has 1 atom stereocenters. The summed E-state index contributed by atoms with van der Waals surface area (Å²) in [4.78, 5) is 25.1. The Balaban J connectivity index is 1.93. The first kappa shape index (κ1) is 20.2. The first-order chi connectivity index (χ1) is 12.2. The molecule has 0 aromatic heterocycles. The lowest BCUT2D eigenvalue weighted by Gasteiger charge is -2.31. The van der Waals surface area contributed by atoms with Gasteiger partial charge in [0.2, 0.25) is 15.9 Å². The van der Waals surface area contributed by atoms with Crippen LogP contribution in [0.5, 0.6) is 5.75 Å². The monoisotopic (exact) mass is 384 g/mol. The molecule has 8 nitrogen and oxygen atoms in total. The lowest BCUT2D eigenvalue weighted by Crippen LogP contribution is -2.51. The molecule has 0 spiro atoms. The molecule has 1 aromatic carbocycles. The molecule has 1 aromatic rings. The Bertz CT molecular complexity index is 762. The number of amides is 1. The largest absolute Gasteiger partial charge is 0.494 e. The van der Waals surface area contributed by atoms with Crippen LogP contribution in [0.2, 0.25) is 0 Å². The van der Waals surface area contributed by atoms with Crippen molar-refractivity contribution in [2.75, 3.05) is 19.7 Å². The van der Waals surface area contributed by atoms with Crippen molar-refractivity contribution in [3.8, 4) is 5.75 Å². The van der Waals surface area contributed by atoms with E-state index in [4.69, 9.17) is 4.74 Å². The number of benzene rings is 1. The van der Waals surface area contributed by atoms with Gasteiger partial charge in [0, 0.05) is 19.5 Å². The third-order valence-corrected chi connectivity index (χ3v) is 5.96. The van der Waals surface area contributed by atoms with E-state index in [9.17, 15) is 23.1 Å². The molecule has 1 amide bonds. The zero-order valence-electron chi connectivity index (χ0n) is 14.9. The van der Waals surface area contributed by atoms with Crippen molar-refractivity contribution in [2.45, 2.75) is 43.5 Å². The molecule has 26 heavy (non-hydrogen) atoms. The lowest BCUT2D eigenvalue weighted by atomic mass is 9.99. The average Bonchev–Trinajstić information content (AvgIpc) is 2.99. The van der Waals surface area contributed by atoms with E-state index in [1.54, 1.807) is 12.1 Å². The van der Waals surface area contributed by atoms with Crippen LogP contribution < -0.4 is 9.46 Å². The van der Waals surface area contributed by atoms with Crippen LogP contribution in [0.4, 0.5) is 0 Å². The number of nitrogens with one attached hydrogen (secondary N) is 1. The number of carbonyl (C=O) groups is 2. The summed E-state index contributed by atoms with van der Waals surface area (Å²) in [6.45, 7) is 4.11. The Labute approximate surface area is 153 Å². The maximum Gasteiger partial charge on any atom is 0.329 e. The molecule has 2 N–H and O–H groups in total. The van der Waals surface area contributed by atoms with Crippen LogP contribution in [0, 0.1) is 0 Å².